The van der Waals surface area contributed by atoms with E-state index in [9.17, 15) is 15.2 Å². The van der Waals surface area contributed by atoms with Crippen molar-refractivity contribution >= 4 is 17.0 Å². The fraction of sp³-hybridized carbons (Fsp3) is 0.0909. The second kappa shape index (κ2) is 4.42. The second-order valence-corrected chi connectivity index (χ2v) is 4.25. The van der Waals surface area contributed by atoms with Gasteiger partial charge in [0.2, 0.25) is 0 Å². The minimum Gasteiger partial charge on any atom is -0.383 e. The highest BCUT2D eigenvalue weighted by atomic mass is 32.1. The van der Waals surface area contributed by atoms with Crippen molar-refractivity contribution in [2.45, 2.75) is 6.10 Å². The Balaban J connectivity index is 2.25. The van der Waals surface area contributed by atoms with Gasteiger partial charge in [0.25, 0.3) is 5.69 Å². The zero-order valence-electron chi connectivity index (χ0n) is 8.24. The van der Waals surface area contributed by atoms with Crippen LogP contribution in [0.4, 0.5) is 5.69 Å². The standard InChI is InChI=1S/C11H9NO3S/c13-11(10-2-1-7-16-10)8-3-5-9(6-4-8)12(14)15/h1-7,11,13H/t11-/m0/s1. The largest absolute Gasteiger partial charge is 0.383 e. The number of thiophene rings is 1. The predicted octanol–water partition coefficient (Wildman–Crippen LogP) is 2.74. The maximum absolute atomic E-state index is 10.5. The zero-order valence-corrected chi connectivity index (χ0v) is 9.05. The molecular formula is C11H9NO3S. The summed E-state index contributed by atoms with van der Waals surface area (Å²) in [6.45, 7) is 0. The van der Waals surface area contributed by atoms with E-state index in [2.05, 4.69) is 0 Å². The number of nitro benzene ring substituents is 1. The maximum Gasteiger partial charge on any atom is 0.269 e. The normalized spacial score (nSPS) is 12.3. The van der Waals surface area contributed by atoms with E-state index in [4.69, 9.17) is 0 Å². The lowest BCUT2D eigenvalue weighted by Crippen LogP contribution is -1.97. The van der Waals surface area contributed by atoms with Crippen LogP contribution in [0, 0.1) is 10.1 Å². The smallest absolute Gasteiger partial charge is 0.269 e. The number of benzene rings is 1. The molecule has 0 aliphatic carbocycles. The van der Waals surface area contributed by atoms with Crippen molar-refractivity contribution in [1.82, 2.24) is 0 Å². The van der Waals surface area contributed by atoms with E-state index in [0.29, 0.717) is 5.56 Å². The molecule has 0 saturated carbocycles. The molecule has 16 heavy (non-hydrogen) atoms. The predicted molar refractivity (Wildman–Crippen MR) is 61.5 cm³/mol. The monoisotopic (exact) mass is 235 g/mol. The molecule has 0 aliphatic rings. The lowest BCUT2D eigenvalue weighted by molar-refractivity contribution is -0.384. The van der Waals surface area contributed by atoms with Crippen LogP contribution in [0.25, 0.3) is 0 Å². The van der Waals surface area contributed by atoms with E-state index >= 15 is 0 Å². The first kappa shape index (κ1) is 10.8. The Hall–Kier alpha value is -1.72. The highest BCUT2D eigenvalue weighted by Crippen LogP contribution is 2.26. The van der Waals surface area contributed by atoms with Crippen molar-refractivity contribution in [2.75, 3.05) is 0 Å². The summed E-state index contributed by atoms with van der Waals surface area (Å²) in [6, 6.07) is 9.62. The molecule has 0 amide bonds. The van der Waals surface area contributed by atoms with Gasteiger partial charge in [-0.05, 0) is 29.1 Å². The molecule has 2 aromatic rings. The number of non-ortho nitro benzene ring substituents is 1. The number of nitro groups is 1. The van der Waals surface area contributed by atoms with Crippen molar-refractivity contribution < 1.29 is 10.0 Å². The van der Waals surface area contributed by atoms with Gasteiger partial charge in [-0.3, -0.25) is 10.1 Å². The Morgan fingerprint density at radius 1 is 1.25 bits per heavy atom. The van der Waals surface area contributed by atoms with E-state index in [1.165, 1.54) is 23.5 Å². The van der Waals surface area contributed by atoms with Crippen LogP contribution in [0.1, 0.15) is 16.5 Å². The molecule has 4 nitrogen and oxygen atoms in total. The number of hydrogen-bond donors (Lipinski definition) is 1. The molecule has 82 valence electrons. The first-order chi connectivity index (χ1) is 7.68. The summed E-state index contributed by atoms with van der Waals surface area (Å²) in [4.78, 5) is 10.8. The lowest BCUT2D eigenvalue weighted by Gasteiger charge is -2.07. The molecule has 0 bridgehead atoms. The van der Waals surface area contributed by atoms with Crippen LogP contribution < -0.4 is 0 Å². The average molecular weight is 235 g/mol. The van der Waals surface area contributed by atoms with Gasteiger partial charge in [-0.2, -0.15) is 0 Å². The van der Waals surface area contributed by atoms with Gasteiger partial charge in [0.15, 0.2) is 0 Å². The van der Waals surface area contributed by atoms with Gasteiger partial charge in [-0.15, -0.1) is 11.3 Å². The zero-order chi connectivity index (χ0) is 11.5. The Labute approximate surface area is 95.9 Å². The molecule has 2 rings (SSSR count). The minimum atomic E-state index is -0.708. The molecule has 0 saturated heterocycles. The summed E-state index contributed by atoms with van der Waals surface area (Å²) < 4.78 is 0. The molecule has 0 unspecified atom stereocenters. The molecular weight excluding hydrogens is 226 g/mol. The summed E-state index contributed by atoms with van der Waals surface area (Å²) >= 11 is 1.45. The van der Waals surface area contributed by atoms with Gasteiger partial charge in [0.1, 0.15) is 6.10 Å². The van der Waals surface area contributed by atoms with Gasteiger partial charge in [0, 0.05) is 17.0 Å². The Kier molecular flexibility index (Phi) is 2.98. The lowest BCUT2D eigenvalue weighted by atomic mass is 10.1. The first-order valence-corrected chi connectivity index (χ1v) is 5.52. The van der Waals surface area contributed by atoms with Crippen LogP contribution in [-0.2, 0) is 0 Å². The topological polar surface area (TPSA) is 63.4 Å². The van der Waals surface area contributed by atoms with Gasteiger partial charge in [-0.25, -0.2) is 0 Å². The van der Waals surface area contributed by atoms with Gasteiger partial charge in [0.05, 0.1) is 4.92 Å². The third kappa shape index (κ3) is 2.10. The molecule has 0 fully saturated rings. The third-order valence-corrected chi connectivity index (χ3v) is 3.16. The fourth-order valence-electron chi connectivity index (χ4n) is 1.39. The molecule has 1 N–H and O–H groups in total. The highest BCUT2D eigenvalue weighted by molar-refractivity contribution is 7.10. The number of rotatable bonds is 3. The summed E-state index contributed by atoms with van der Waals surface area (Å²) in [6.07, 6.45) is -0.708. The summed E-state index contributed by atoms with van der Waals surface area (Å²) in [5.41, 5.74) is 0.690. The number of hydrogen-bond acceptors (Lipinski definition) is 4. The summed E-state index contributed by atoms with van der Waals surface area (Å²) in [5.74, 6) is 0. The quantitative estimate of drug-likeness (QED) is 0.657. The minimum absolute atomic E-state index is 0.0297. The van der Waals surface area contributed by atoms with Gasteiger partial charge >= 0.3 is 0 Å². The summed E-state index contributed by atoms with van der Waals surface area (Å²) in [5, 5.41) is 22.3. The highest BCUT2D eigenvalue weighted by Gasteiger charge is 2.12. The third-order valence-electron chi connectivity index (χ3n) is 2.23. The van der Waals surface area contributed by atoms with Crippen LogP contribution in [-0.4, -0.2) is 10.0 Å². The molecule has 0 radical (unpaired) electrons. The SMILES string of the molecule is O=[N+]([O-])c1ccc([C@H](O)c2cccs2)cc1. The van der Waals surface area contributed by atoms with Crippen LogP contribution in [0.5, 0.6) is 0 Å². The van der Waals surface area contributed by atoms with Crippen molar-refractivity contribution in [3.8, 4) is 0 Å². The molecule has 1 heterocycles. The van der Waals surface area contributed by atoms with Crippen molar-refractivity contribution in [3.63, 3.8) is 0 Å². The molecule has 0 aliphatic heterocycles. The Morgan fingerprint density at radius 3 is 2.44 bits per heavy atom. The van der Waals surface area contributed by atoms with E-state index < -0.39 is 11.0 Å². The molecule has 1 atom stereocenters. The molecule has 1 aromatic carbocycles. The van der Waals surface area contributed by atoms with E-state index in [1.54, 1.807) is 12.1 Å². The van der Waals surface area contributed by atoms with E-state index in [-0.39, 0.29) is 5.69 Å². The average Bonchev–Trinajstić information content (AvgIpc) is 2.81. The Bertz CT molecular complexity index is 478. The first-order valence-electron chi connectivity index (χ1n) is 4.64. The maximum atomic E-state index is 10.5. The Morgan fingerprint density at radius 2 is 1.94 bits per heavy atom. The van der Waals surface area contributed by atoms with Crippen molar-refractivity contribution in [2.24, 2.45) is 0 Å². The van der Waals surface area contributed by atoms with E-state index in [1.807, 2.05) is 17.5 Å². The van der Waals surface area contributed by atoms with Crippen molar-refractivity contribution in [3.05, 3.63) is 62.3 Å². The van der Waals surface area contributed by atoms with E-state index in [0.717, 1.165) is 4.88 Å². The number of nitrogens with zero attached hydrogens (tertiary/aromatic N) is 1. The van der Waals surface area contributed by atoms with Crippen LogP contribution in [0.3, 0.4) is 0 Å². The molecule has 5 heteroatoms. The number of aliphatic hydroxyl groups is 1. The summed E-state index contributed by atoms with van der Waals surface area (Å²) in [7, 11) is 0. The number of aliphatic hydroxyl groups excluding tert-OH is 1. The van der Waals surface area contributed by atoms with Crippen LogP contribution in [0.15, 0.2) is 41.8 Å². The fourth-order valence-corrected chi connectivity index (χ4v) is 2.13. The van der Waals surface area contributed by atoms with Gasteiger partial charge < -0.3 is 5.11 Å². The van der Waals surface area contributed by atoms with Crippen LogP contribution >= 0.6 is 11.3 Å². The van der Waals surface area contributed by atoms with Gasteiger partial charge in [-0.1, -0.05) is 6.07 Å². The van der Waals surface area contributed by atoms with Crippen molar-refractivity contribution in [1.29, 1.82) is 0 Å². The molecule has 0 spiro atoms. The van der Waals surface area contributed by atoms with Crippen LogP contribution in [0.2, 0.25) is 0 Å². The second-order valence-electron chi connectivity index (χ2n) is 3.27. The molecule has 1 aromatic heterocycles.